The fraction of sp³-hybridized carbons (Fsp3) is 0.435. The lowest BCUT2D eigenvalue weighted by atomic mass is 9.96. The largest absolute Gasteiger partial charge is 0.417 e. The van der Waals surface area contributed by atoms with E-state index in [1.165, 1.54) is 12.1 Å². The molecule has 34 heavy (non-hydrogen) atoms. The van der Waals surface area contributed by atoms with Crippen molar-refractivity contribution in [1.29, 1.82) is 0 Å². The molecule has 4 rings (SSSR count). The Morgan fingerprint density at radius 3 is 2.18 bits per heavy atom. The van der Waals surface area contributed by atoms with Crippen molar-refractivity contribution < 1.29 is 26.4 Å². The van der Waals surface area contributed by atoms with Crippen molar-refractivity contribution in [1.82, 2.24) is 9.21 Å². The summed E-state index contributed by atoms with van der Waals surface area (Å²) in [4.78, 5) is 16.2. The molecule has 0 atom stereocenters. The molecule has 2 aliphatic heterocycles. The molecule has 2 heterocycles. The second-order valence-corrected chi connectivity index (χ2v) is 10.8. The summed E-state index contributed by atoms with van der Waals surface area (Å²) in [6, 6.07) is 11.7. The Hall–Kier alpha value is -2.30. The molecule has 11 heteroatoms. The predicted molar refractivity (Wildman–Crippen MR) is 123 cm³/mol. The Labute approximate surface area is 201 Å². The number of hydrogen-bond donors (Lipinski definition) is 0. The van der Waals surface area contributed by atoms with E-state index in [9.17, 15) is 26.4 Å². The number of hydrogen-bond acceptors (Lipinski definition) is 4. The molecule has 2 aliphatic rings. The number of carbonyl (C=O) groups excluding carboxylic acids is 1. The zero-order valence-corrected chi connectivity index (χ0v) is 19.9. The van der Waals surface area contributed by atoms with E-state index >= 15 is 0 Å². The number of anilines is 1. The summed E-state index contributed by atoms with van der Waals surface area (Å²) in [5, 5.41) is 0.649. The SMILES string of the molecule is O=C(C1CCN(S(=O)(=O)c2ccccc2C(F)(F)F)CC1)N1CCN(c2cccc(Cl)c2)CC1. The summed E-state index contributed by atoms with van der Waals surface area (Å²) in [5.74, 6) is -0.375. The molecular formula is C23H25ClF3N3O3S. The molecule has 2 saturated heterocycles. The normalized spacial score (nSPS) is 18.8. The molecule has 1 amide bonds. The Kier molecular flexibility index (Phi) is 7.12. The number of amides is 1. The lowest BCUT2D eigenvalue weighted by Crippen LogP contribution is -2.52. The van der Waals surface area contributed by atoms with E-state index in [-0.39, 0.29) is 37.8 Å². The highest BCUT2D eigenvalue weighted by atomic mass is 35.5. The van der Waals surface area contributed by atoms with Crippen molar-refractivity contribution in [3.05, 3.63) is 59.1 Å². The summed E-state index contributed by atoms with van der Waals surface area (Å²) in [6.45, 7) is 2.42. The quantitative estimate of drug-likeness (QED) is 0.615. The van der Waals surface area contributed by atoms with Crippen molar-refractivity contribution in [2.45, 2.75) is 23.9 Å². The molecule has 6 nitrogen and oxygen atoms in total. The number of carbonyl (C=O) groups is 1. The number of piperidine rings is 1. The summed E-state index contributed by atoms with van der Waals surface area (Å²) < 4.78 is 66.9. The predicted octanol–water partition coefficient (Wildman–Crippen LogP) is 4.11. The van der Waals surface area contributed by atoms with Gasteiger partial charge < -0.3 is 9.80 Å². The molecular weight excluding hydrogens is 491 g/mol. The number of halogens is 4. The van der Waals surface area contributed by atoms with Crippen LogP contribution >= 0.6 is 11.6 Å². The average Bonchev–Trinajstić information content (AvgIpc) is 2.83. The Morgan fingerprint density at radius 1 is 0.912 bits per heavy atom. The van der Waals surface area contributed by atoms with E-state index in [1.54, 1.807) is 11.0 Å². The highest BCUT2D eigenvalue weighted by molar-refractivity contribution is 7.89. The first kappa shape index (κ1) is 24.8. The molecule has 0 aliphatic carbocycles. The van der Waals surface area contributed by atoms with Crippen molar-refractivity contribution in [2.75, 3.05) is 44.2 Å². The van der Waals surface area contributed by atoms with Gasteiger partial charge in [0, 0.05) is 55.9 Å². The summed E-state index contributed by atoms with van der Waals surface area (Å²) in [6.07, 6.45) is -4.22. The minimum Gasteiger partial charge on any atom is -0.368 e. The van der Waals surface area contributed by atoms with Gasteiger partial charge in [0.25, 0.3) is 0 Å². The first-order chi connectivity index (χ1) is 16.1. The van der Waals surface area contributed by atoms with Crippen LogP contribution in [0.3, 0.4) is 0 Å². The minimum absolute atomic E-state index is 0.00735. The first-order valence-electron chi connectivity index (χ1n) is 11.0. The van der Waals surface area contributed by atoms with Gasteiger partial charge in [0.05, 0.1) is 10.5 Å². The van der Waals surface area contributed by atoms with Gasteiger partial charge >= 0.3 is 6.18 Å². The number of nitrogens with zero attached hydrogens (tertiary/aromatic N) is 3. The second-order valence-electron chi connectivity index (χ2n) is 8.46. The van der Waals surface area contributed by atoms with Crippen molar-refractivity contribution in [2.24, 2.45) is 5.92 Å². The van der Waals surface area contributed by atoms with Crippen LogP contribution in [0.1, 0.15) is 18.4 Å². The highest BCUT2D eigenvalue weighted by Gasteiger charge is 2.40. The lowest BCUT2D eigenvalue weighted by Gasteiger charge is -2.39. The molecule has 0 saturated carbocycles. The maximum absolute atomic E-state index is 13.3. The zero-order valence-electron chi connectivity index (χ0n) is 18.3. The molecule has 0 N–H and O–H groups in total. The molecule has 0 spiro atoms. The third-order valence-corrected chi connectivity index (χ3v) is 8.57. The Bertz CT molecular complexity index is 1140. The summed E-state index contributed by atoms with van der Waals surface area (Å²) in [5.41, 5.74) is -0.178. The number of alkyl halides is 3. The molecule has 0 radical (unpaired) electrons. The van der Waals surface area contributed by atoms with E-state index in [2.05, 4.69) is 4.90 Å². The van der Waals surface area contributed by atoms with Crippen LogP contribution in [-0.4, -0.2) is 62.8 Å². The van der Waals surface area contributed by atoms with Crippen molar-refractivity contribution >= 4 is 33.2 Å². The fourth-order valence-corrected chi connectivity index (χ4v) is 6.39. The van der Waals surface area contributed by atoms with Crippen LogP contribution in [0.4, 0.5) is 18.9 Å². The summed E-state index contributed by atoms with van der Waals surface area (Å²) >= 11 is 6.06. The average molecular weight is 516 g/mol. The molecule has 0 bridgehead atoms. The van der Waals surface area contributed by atoms with Crippen LogP contribution in [0.25, 0.3) is 0 Å². The van der Waals surface area contributed by atoms with Crippen molar-refractivity contribution in [3.8, 4) is 0 Å². The second kappa shape index (κ2) is 9.75. The lowest BCUT2D eigenvalue weighted by molar-refractivity contribution is -0.140. The molecule has 0 aromatic heterocycles. The minimum atomic E-state index is -4.77. The third-order valence-electron chi connectivity index (χ3n) is 6.38. The van der Waals surface area contributed by atoms with Gasteiger partial charge in [-0.05, 0) is 43.2 Å². The summed E-state index contributed by atoms with van der Waals surface area (Å²) in [7, 11) is -4.32. The van der Waals surface area contributed by atoms with E-state index in [4.69, 9.17) is 11.6 Å². The van der Waals surface area contributed by atoms with Crippen LogP contribution in [0.15, 0.2) is 53.4 Å². The van der Waals surface area contributed by atoms with Gasteiger partial charge in [-0.1, -0.05) is 29.8 Å². The van der Waals surface area contributed by atoms with Crippen LogP contribution in [0.5, 0.6) is 0 Å². The molecule has 2 aromatic carbocycles. The van der Waals surface area contributed by atoms with Gasteiger partial charge in [-0.25, -0.2) is 8.42 Å². The Balaban J connectivity index is 1.36. The van der Waals surface area contributed by atoms with Gasteiger partial charge in [-0.15, -0.1) is 0 Å². The standard InChI is InChI=1S/C23H25ClF3N3O3S/c24-18-4-3-5-19(16-18)28-12-14-29(15-13-28)22(31)17-8-10-30(11-9-17)34(32,33)21-7-2-1-6-20(21)23(25,26)27/h1-7,16-17H,8-15H2. The van der Waals surface area contributed by atoms with Crippen molar-refractivity contribution in [3.63, 3.8) is 0 Å². The number of sulfonamides is 1. The first-order valence-corrected chi connectivity index (χ1v) is 12.8. The molecule has 2 fully saturated rings. The van der Waals surface area contributed by atoms with Crippen LogP contribution < -0.4 is 4.90 Å². The van der Waals surface area contributed by atoms with E-state index in [0.717, 1.165) is 22.1 Å². The van der Waals surface area contributed by atoms with E-state index < -0.39 is 26.7 Å². The number of rotatable bonds is 4. The number of piperazine rings is 1. The smallest absolute Gasteiger partial charge is 0.368 e. The van der Waals surface area contributed by atoms with Gasteiger partial charge in [-0.3, -0.25) is 4.79 Å². The maximum Gasteiger partial charge on any atom is 0.417 e. The van der Waals surface area contributed by atoms with Gasteiger partial charge in [-0.2, -0.15) is 17.5 Å². The van der Waals surface area contributed by atoms with Crippen LogP contribution in [0.2, 0.25) is 5.02 Å². The van der Waals surface area contributed by atoms with Gasteiger partial charge in [0.15, 0.2) is 0 Å². The maximum atomic E-state index is 13.3. The Morgan fingerprint density at radius 2 is 1.56 bits per heavy atom. The van der Waals surface area contributed by atoms with E-state index in [0.29, 0.717) is 31.2 Å². The zero-order chi connectivity index (χ0) is 24.5. The number of benzene rings is 2. The van der Waals surface area contributed by atoms with Gasteiger partial charge in [0.2, 0.25) is 15.9 Å². The monoisotopic (exact) mass is 515 g/mol. The van der Waals surface area contributed by atoms with Crippen LogP contribution in [0, 0.1) is 5.92 Å². The third kappa shape index (κ3) is 5.18. The van der Waals surface area contributed by atoms with E-state index in [1.807, 2.05) is 18.2 Å². The van der Waals surface area contributed by atoms with Crippen LogP contribution in [-0.2, 0) is 21.0 Å². The molecule has 184 valence electrons. The highest BCUT2D eigenvalue weighted by Crippen LogP contribution is 2.36. The molecule has 0 unspecified atom stereocenters. The van der Waals surface area contributed by atoms with Gasteiger partial charge in [0.1, 0.15) is 0 Å². The molecule has 2 aromatic rings. The topological polar surface area (TPSA) is 60.9 Å². The fourth-order valence-electron chi connectivity index (χ4n) is 4.52.